The summed E-state index contributed by atoms with van der Waals surface area (Å²) in [5.41, 5.74) is 4.51. The van der Waals surface area contributed by atoms with Crippen LogP contribution in [0.25, 0.3) is 10.8 Å². The molecule has 0 bridgehead atoms. The van der Waals surface area contributed by atoms with Crippen molar-refractivity contribution in [3.8, 4) is 0 Å². The molecule has 42 heavy (non-hydrogen) atoms. The quantitative estimate of drug-likeness (QED) is 0.196. The number of carbonyl (C=O) groups is 1. The molecule has 1 saturated heterocycles. The minimum Gasteiger partial charge on any atom is -0.445 e. The molecule has 1 amide bonds. The normalized spacial score (nSPS) is 19.4. The minimum atomic E-state index is -0.637. The first-order chi connectivity index (χ1) is 20.4. The highest BCUT2D eigenvalue weighted by Gasteiger charge is 2.33. The van der Waals surface area contributed by atoms with Crippen molar-refractivity contribution in [3.05, 3.63) is 126 Å². The fourth-order valence-corrected chi connectivity index (χ4v) is 5.29. The van der Waals surface area contributed by atoms with Gasteiger partial charge in [0.05, 0.1) is 18.8 Å². The molecule has 4 aromatic rings. The Balaban J connectivity index is 1.35. The summed E-state index contributed by atoms with van der Waals surface area (Å²) in [6.07, 6.45) is 0.678. The Kier molecular flexibility index (Phi) is 9.66. The fraction of sp³-hybridized carbons (Fsp3) is 0.286. The Labute approximate surface area is 247 Å². The molecule has 0 aliphatic carbocycles. The Bertz CT molecular complexity index is 1510. The summed E-state index contributed by atoms with van der Waals surface area (Å²) >= 11 is 0. The van der Waals surface area contributed by atoms with Crippen molar-refractivity contribution < 1.29 is 24.1 Å². The molecule has 1 heterocycles. The van der Waals surface area contributed by atoms with Crippen molar-refractivity contribution in [2.75, 3.05) is 25.5 Å². The van der Waals surface area contributed by atoms with Gasteiger partial charge in [0, 0.05) is 30.3 Å². The standard InChI is InChI=1S/C35H38N2O5/c1-4-18-40-35(39)36-31-11-7-10-30(20-31)34-41-32(21-33(42-34)27-14-12-25(23-38)13-15-27)22-37(3)24(2)28-17-16-26-8-5-6-9-29(26)19-28/h4-17,19-20,24,32-34,38H,1,18,21-23H2,2-3H3,(H,36,39). The second kappa shape index (κ2) is 13.8. The number of amides is 1. The highest BCUT2D eigenvalue weighted by molar-refractivity contribution is 5.84. The molecule has 4 atom stereocenters. The molecular weight excluding hydrogens is 528 g/mol. The maximum Gasteiger partial charge on any atom is 0.411 e. The van der Waals surface area contributed by atoms with Crippen LogP contribution < -0.4 is 5.32 Å². The number of hydrogen-bond acceptors (Lipinski definition) is 6. The lowest BCUT2D eigenvalue weighted by atomic mass is 9.98. The number of fused-ring (bicyclic) bond motifs is 1. The van der Waals surface area contributed by atoms with Gasteiger partial charge >= 0.3 is 6.09 Å². The van der Waals surface area contributed by atoms with Crippen LogP contribution in [0.15, 0.2) is 104 Å². The van der Waals surface area contributed by atoms with Gasteiger partial charge in [0.1, 0.15) is 6.61 Å². The molecular formula is C35H38N2O5. The number of anilines is 1. The predicted molar refractivity (Wildman–Crippen MR) is 165 cm³/mol. The van der Waals surface area contributed by atoms with Crippen molar-refractivity contribution in [3.63, 3.8) is 0 Å². The second-order valence-electron chi connectivity index (χ2n) is 10.7. The van der Waals surface area contributed by atoms with Crippen molar-refractivity contribution in [1.82, 2.24) is 4.90 Å². The molecule has 0 spiro atoms. The highest BCUT2D eigenvalue weighted by atomic mass is 16.7. The maximum absolute atomic E-state index is 12.1. The number of likely N-dealkylation sites (N-methyl/N-ethyl adjacent to an activating group) is 1. The number of benzene rings is 4. The summed E-state index contributed by atoms with van der Waals surface area (Å²) in [6, 6.07) is 30.5. The van der Waals surface area contributed by atoms with Gasteiger partial charge in [-0.1, -0.05) is 85.5 Å². The van der Waals surface area contributed by atoms with E-state index in [1.54, 1.807) is 6.07 Å². The monoisotopic (exact) mass is 566 g/mol. The third-order valence-electron chi connectivity index (χ3n) is 7.76. The number of rotatable bonds is 10. The number of nitrogens with zero attached hydrogens (tertiary/aromatic N) is 1. The van der Waals surface area contributed by atoms with Gasteiger partial charge in [-0.25, -0.2) is 4.79 Å². The summed E-state index contributed by atoms with van der Waals surface area (Å²) in [6.45, 7) is 6.61. The number of aliphatic hydroxyl groups is 1. The van der Waals surface area contributed by atoms with Crippen LogP contribution in [-0.4, -0.2) is 42.4 Å². The van der Waals surface area contributed by atoms with E-state index in [1.165, 1.54) is 22.4 Å². The molecule has 1 aliphatic rings. The van der Waals surface area contributed by atoms with E-state index in [0.717, 1.165) is 16.7 Å². The topological polar surface area (TPSA) is 80.3 Å². The smallest absolute Gasteiger partial charge is 0.411 e. The summed E-state index contributed by atoms with van der Waals surface area (Å²) in [4.78, 5) is 14.4. The van der Waals surface area contributed by atoms with Gasteiger partial charge < -0.3 is 19.3 Å². The molecule has 4 aromatic carbocycles. The van der Waals surface area contributed by atoms with Gasteiger partial charge in [-0.3, -0.25) is 10.2 Å². The SMILES string of the molecule is C=CCOC(=O)Nc1cccc(C2OC(CN(C)C(C)c3ccc4ccccc4c3)CC(c3ccc(CO)cc3)O2)c1. The summed E-state index contributed by atoms with van der Waals surface area (Å²) < 4.78 is 18.1. The molecule has 0 radical (unpaired) electrons. The number of nitrogens with one attached hydrogen (secondary N) is 1. The largest absolute Gasteiger partial charge is 0.445 e. The predicted octanol–water partition coefficient (Wildman–Crippen LogP) is 7.31. The second-order valence-corrected chi connectivity index (χ2v) is 10.7. The molecule has 1 aliphatic heterocycles. The van der Waals surface area contributed by atoms with Crippen LogP contribution in [0.1, 0.15) is 54.0 Å². The van der Waals surface area contributed by atoms with Crippen molar-refractivity contribution in [1.29, 1.82) is 0 Å². The third kappa shape index (κ3) is 7.24. The van der Waals surface area contributed by atoms with Crippen LogP contribution >= 0.6 is 0 Å². The van der Waals surface area contributed by atoms with Gasteiger partial charge in [0.2, 0.25) is 0 Å². The molecule has 7 heteroatoms. The molecule has 7 nitrogen and oxygen atoms in total. The lowest BCUT2D eigenvalue weighted by molar-refractivity contribution is -0.253. The molecule has 5 rings (SSSR count). The van der Waals surface area contributed by atoms with E-state index in [1.807, 2.05) is 42.5 Å². The highest BCUT2D eigenvalue weighted by Crippen LogP contribution is 2.39. The molecule has 4 unspecified atom stereocenters. The lowest BCUT2D eigenvalue weighted by Gasteiger charge is -2.39. The zero-order valence-corrected chi connectivity index (χ0v) is 24.1. The first kappa shape index (κ1) is 29.5. The average Bonchev–Trinajstić information content (AvgIpc) is 3.03. The van der Waals surface area contributed by atoms with E-state index in [-0.39, 0.29) is 31.5 Å². The van der Waals surface area contributed by atoms with E-state index in [9.17, 15) is 9.90 Å². The summed E-state index contributed by atoms with van der Waals surface area (Å²) in [7, 11) is 2.12. The Hall–Kier alpha value is -4.01. The Morgan fingerprint density at radius 2 is 1.81 bits per heavy atom. The minimum absolute atomic E-state index is 0.00730. The zero-order chi connectivity index (χ0) is 29.5. The van der Waals surface area contributed by atoms with Gasteiger partial charge in [-0.15, -0.1) is 0 Å². The lowest BCUT2D eigenvalue weighted by Crippen LogP contribution is -2.38. The van der Waals surface area contributed by atoms with Crippen LogP contribution in [0.3, 0.4) is 0 Å². The van der Waals surface area contributed by atoms with Crippen LogP contribution in [-0.2, 0) is 20.8 Å². The van der Waals surface area contributed by atoms with Crippen molar-refractivity contribution >= 4 is 22.6 Å². The van der Waals surface area contributed by atoms with Crippen LogP contribution in [0.4, 0.5) is 10.5 Å². The number of aliphatic hydroxyl groups excluding tert-OH is 1. The molecule has 218 valence electrons. The number of carbonyl (C=O) groups excluding carboxylic acids is 1. The van der Waals surface area contributed by atoms with Gasteiger partial charge in [0.25, 0.3) is 0 Å². The van der Waals surface area contributed by atoms with E-state index >= 15 is 0 Å². The zero-order valence-electron chi connectivity index (χ0n) is 24.1. The van der Waals surface area contributed by atoms with Gasteiger partial charge in [-0.05, 0) is 59.6 Å². The van der Waals surface area contributed by atoms with Crippen LogP contribution in [0.5, 0.6) is 0 Å². The first-order valence-corrected chi connectivity index (χ1v) is 14.3. The average molecular weight is 567 g/mol. The van der Waals surface area contributed by atoms with E-state index in [2.05, 4.69) is 73.2 Å². The Morgan fingerprint density at radius 3 is 2.57 bits per heavy atom. The molecule has 1 fully saturated rings. The number of hydrogen-bond donors (Lipinski definition) is 2. The number of ether oxygens (including phenoxy) is 3. The van der Waals surface area contributed by atoms with E-state index < -0.39 is 12.4 Å². The van der Waals surface area contributed by atoms with E-state index in [4.69, 9.17) is 14.2 Å². The first-order valence-electron chi connectivity index (χ1n) is 14.3. The van der Waals surface area contributed by atoms with E-state index in [0.29, 0.717) is 18.7 Å². The maximum atomic E-state index is 12.1. The van der Waals surface area contributed by atoms with Crippen LogP contribution in [0.2, 0.25) is 0 Å². The van der Waals surface area contributed by atoms with Crippen LogP contribution in [0, 0.1) is 0 Å². The Morgan fingerprint density at radius 1 is 1.02 bits per heavy atom. The fourth-order valence-electron chi connectivity index (χ4n) is 5.29. The van der Waals surface area contributed by atoms with Crippen molar-refractivity contribution in [2.24, 2.45) is 0 Å². The third-order valence-corrected chi connectivity index (χ3v) is 7.76. The molecule has 2 N–H and O–H groups in total. The van der Waals surface area contributed by atoms with Crippen molar-refractivity contribution in [2.45, 2.75) is 44.5 Å². The summed E-state index contributed by atoms with van der Waals surface area (Å²) in [5.74, 6) is 0. The summed E-state index contributed by atoms with van der Waals surface area (Å²) in [5, 5.41) is 14.7. The molecule has 0 aromatic heterocycles. The van der Waals surface area contributed by atoms with Gasteiger partial charge in [0.15, 0.2) is 6.29 Å². The molecule has 0 saturated carbocycles. The van der Waals surface area contributed by atoms with Gasteiger partial charge in [-0.2, -0.15) is 0 Å².